The molecule has 19 heavy (non-hydrogen) atoms. The number of carbonyl (C=O) groups is 1. The molecule has 0 amide bonds. The standard InChI is InChI=1S/C12H10N2O4S/c1-7-2-3-8(4-10(7)14(17)18)9-6-19-11(13-9)5-12(15)16/h2-4,6H,5H2,1H3,(H,15,16). The molecule has 0 fully saturated rings. The fourth-order valence-corrected chi connectivity index (χ4v) is 2.41. The number of hydrogen-bond donors (Lipinski definition) is 1. The summed E-state index contributed by atoms with van der Waals surface area (Å²) < 4.78 is 0. The molecule has 98 valence electrons. The Balaban J connectivity index is 2.36. The van der Waals surface area contributed by atoms with Gasteiger partial charge >= 0.3 is 5.97 Å². The summed E-state index contributed by atoms with van der Waals surface area (Å²) in [7, 11) is 0. The van der Waals surface area contributed by atoms with Gasteiger partial charge in [0.15, 0.2) is 0 Å². The molecule has 2 aromatic rings. The minimum Gasteiger partial charge on any atom is -0.481 e. The van der Waals surface area contributed by atoms with Crippen molar-refractivity contribution in [2.45, 2.75) is 13.3 Å². The Kier molecular flexibility index (Phi) is 3.57. The maximum absolute atomic E-state index is 10.9. The molecule has 2 rings (SSSR count). The summed E-state index contributed by atoms with van der Waals surface area (Å²) in [5.41, 5.74) is 1.79. The Morgan fingerprint density at radius 3 is 2.89 bits per heavy atom. The number of carboxylic acid groups (broad SMARTS) is 1. The Morgan fingerprint density at radius 1 is 1.53 bits per heavy atom. The summed E-state index contributed by atoms with van der Waals surface area (Å²) in [5.74, 6) is -0.948. The predicted molar refractivity (Wildman–Crippen MR) is 70.3 cm³/mol. The highest BCUT2D eigenvalue weighted by Crippen LogP contribution is 2.27. The third kappa shape index (κ3) is 2.94. The summed E-state index contributed by atoms with van der Waals surface area (Å²) in [4.78, 5) is 25.2. The van der Waals surface area contributed by atoms with E-state index < -0.39 is 10.9 Å². The number of carboxylic acids is 1. The number of aryl methyl sites for hydroxylation is 1. The Bertz CT molecular complexity index is 651. The Labute approximate surface area is 112 Å². The second-order valence-electron chi connectivity index (χ2n) is 3.96. The van der Waals surface area contributed by atoms with Crippen LogP contribution in [0.15, 0.2) is 23.6 Å². The molecule has 0 aliphatic heterocycles. The highest BCUT2D eigenvalue weighted by atomic mass is 32.1. The topological polar surface area (TPSA) is 93.3 Å². The molecule has 0 aliphatic rings. The third-order valence-corrected chi connectivity index (χ3v) is 3.40. The molecule has 0 atom stereocenters. The first-order valence-electron chi connectivity index (χ1n) is 5.39. The zero-order chi connectivity index (χ0) is 14.0. The van der Waals surface area contributed by atoms with Crippen LogP contribution in [0, 0.1) is 17.0 Å². The highest BCUT2D eigenvalue weighted by molar-refractivity contribution is 7.10. The third-order valence-electron chi connectivity index (χ3n) is 2.56. The summed E-state index contributed by atoms with van der Waals surface area (Å²) in [6.07, 6.45) is -0.140. The van der Waals surface area contributed by atoms with Gasteiger partial charge in [-0.1, -0.05) is 12.1 Å². The van der Waals surface area contributed by atoms with Crippen LogP contribution in [-0.4, -0.2) is 21.0 Å². The van der Waals surface area contributed by atoms with Crippen molar-refractivity contribution in [1.29, 1.82) is 0 Å². The minimum absolute atomic E-state index is 0.0327. The zero-order valence-corrected chi connectivity index (χ0v) is 10.8. The van der Waals surface area contributed by atoms with Crippen LogP contribution in [0.1, 0.15) is 10.6 Å². The second kappa shape index (κ2) is 5.15. The fourth-order valence-electron chi connectivity index (χ4n) is 1.62. The lowest BCUT2D eigenvalue weighted by molar-refractivity contribution is -0.385. The molecule has 0 aliphatic carbocycles. The average Bonchev–Trinajstić information content (AvgIpc) is 2.76. The van der Waals surface area contributed by atoms with E-state index in [1.54, 1.807) is 24.4 Å². The van der Waals surface area contributed by atoms with Crippen LogP contribution < -0.4 is 0 Å². The molecule has 7 heteroatoms. The monoisotopic (exact) mass is 278 g/mol. The molecule has 6 nitrogen and oxygen atoms in total. The average molecular weight is 278 g/mol. The molecule has 0 bridgehead atoms. The number of rotatable bonds is 4. The number of hydrogen-bond acceptors (Lipinski definition) is 5. The van der Waals surface area contributed by atoms with E-state index in [0.717, 1.165) is 0 Å². The van der Waals surface area contributed by atoms with Gasteiger partial charge in [-0.15, -0.1) is 11.3 Å². The SMILES string of the molecule is Cc1ccc(-c2csc(CC(=O)O)n2)cc1[N+](=O)[O-]. The van der Waals surface area contributed by atoms with Gasteiger partial charge in [-0.25, -0.2) is 4.98 Å². The van der Waals surface area contributed by atoms with Crippen LogP contribution in [0.25, 0.3) is 11.3 Å². The number of nitro benzene ring substituents is 1. The van der Waals surface area contributed by atoms with E-state index in [1.807, 2.05) is 0 Å². The quantitative estimate of drug-likeness (QED) is 0.685. The van der Waals surface area contributed by atoms with Crippen LogP contribution in [0.5, 0.6) is 0 Å². The van der Waals surface area contributed by atoms with Crippen LogP contribution in [-0.2, 0) is 11.2 Å². The van der Waals surface area contributed by atoms with Gasteiger partial charge in [0.25, 0.3) is 5.69 Å². The molecular weight excluding hydrogens is 268 g/mol. The zero-order valence-electron chi connectivity index (χ0n) is 9.99. The molecule has 0 saturated carbocycles. The lowest BCUT2D eigenvalue weighted by atomic mass is 10.1. The molecule has 1 heterocycles. The number of thiazole rings is 1. The van der Waals surface area contributed by atoms with Crippen LogP contribution in [0.4, 0.5) is 5.69 Å². The van der Waals surface area contributed by atoms with Crippen LogP contribution in [0.2, 0.25) is 0 Å². The van der Waals surface area contributed by atoms with E-state index in [1.165, 1.54) is 17.4 Å². The van der Waals surface area contributed by atoms with Gasteiger partial charge in [-0.2, -0.15) is 0 Å². The molecule has 0 saturated heterocycles. The summed E-state index contributed by atoms with van der Waals surface area (Å²) >= 11 is 1.23. The summed E-state index contributed by atoms with van der Waals surface area (Å²) in [6, 6.07) is 4.85. The van der Waals surface area contributed by atoms with E-state index in [9.17, 15) is 14.9 Å². The first-order valence-corrected chi connectivity index (χ1v) is 6.27. The van der Waals surface area contributed by atoms with Gasteiger partial charge in [0.1, 0.15) is 5.01 Å². The maximum Gasteiger partial charge on any atom is 0.310 e. The summed E-state index contributed by atoms with van der Waals surface area (Å²) in [5, 5.41) is 21.7. The Morgan fingerprint density at radius 2 is 2.26 bits per heavy atom. The Hall–Kier alpha value is -2.28. The normalized spacial score (nSPS) is 10.4. The number of benzene rings is 1. The smallest absolute Gasteiger partial charge is 0.310 e. The first kappa shape index (κ1) is 13.2. The second-order valence-corrected chi connectivity index (χ2v) is 4.90. The largest absolute Gasteiger partial charge is 0.481 e. The highest BCUT2D eigenvalue weighted by Gasteiger charge is 2.14. The van der Waals surface area contributed by atoms with E-state index >= 15 is 0 Å². The molecule has 0 radical (unpaired) electrons. The van der Waals surface area contributed by atoms with Crippen molar-refractivity contribution in [2.75, 3.05) is 0 Å². The molecule has 0 spiro atoms. The van der Waals surface area contributed by atoms with Crippen molar-refractivity contribution < 1.29 is 14.8 Å². The van der Waals surface area contributed by atoms with Gasteiger partial charge in [0.2, 0.25) is 0 Å². The van der Waals surface area contributed by atoms with Crippen LogP contribution >= 0.6 is 11.3 Å². The molecule has 1 N–H and O–H groups in total. The van der Waals surface area contributed by atoms with Crippen molar-refractivity contribution >= 4 is 23.0 Å². The molecule has 1 aromatic carbocycles. The lowest BCUT2D eigenvalue weighted by Crippen LogP contribution is -1.99. The van der Waals surface area contributed by atoms with E-state index in [4.69, 9.17) is 5.11 Å². The maximum atomic E-state index is 10.9. The fraction of sp³-hybridized carbons (Fsp3) is 0.167. The van der Waals surface area contributed by atoms with E-state index in [2.05, 4.69) is 4.98 Å². The van der Waals surface area contributed by atoms with Crippen LogP contribution in [0.3, 0.4) is 0 Å². The van der Waals surface area contributed by atoms with E-state index in [0.29, 0.717) is 21.8 Å². The van der Waals surface area contributed by atoms with Crippen molar-refractivity contribution in [3.8, 4) is 11.3 Å². The van der Waals surface area contributed by atoms with Crippen molar-refractivity contribution in [2.24, 2.45) is 0 Å². The first-order chi connectivity index (χ1) is 8.97. The van der Waals surface area contributed by atoms with Crippen molar-refractivity contribution in [1.82, 2.24) is 4.98 Å². The lowest BCUT2D eigenvalue weighted by Gasteiger charge is -2.00. The number of nitro groups is 1. The van der Waals surface area contributed by atoms with Gasteiger partial charge < -0.3 is 5.11 Å². The summed E-state index contributed by atoms with van der Waals surface area (Å²) in [6.45, 7) is 1.67. The van der Waals surface area contributed by atoms with Gasteiger partial charge in [-0.05, 0) is 6.92 Å². The minimum atomic E-state index is -0.948. The molecular formula is C12H10N2O4S. The molecule has 0 unspecified atom stereocenters. The number of aromatic nitrogens is 1. The molecule has 1 aromatic heterocycles. The number of aliphatic carboxylic acids is 1. The van der Waals surface area contributed by atoms with Crippen molar-refractivity contribution in [3.63, 3.8) is 0 Å². The van der Waals surface area contributed by atoms with Gasteiger partial charge in [-0.3, -0.25) is 14.9 Å². The predicted octanol–water partition coefficient (Wildman–Crippen LogP) is 2.65. The van der Waals surface area contributed by atoms with Gasteiger partial charge in [0, 0.05) is 22.6 Å². The number of nitrogens with zero attached hydrogens (tertiary/aromatic N) is 2. The van der Waals surface area contributed by atoms with Crippen molar-refractivity contribution in [3.05, 3.63) is 44.3 Å². The van der Waals surface area contributed by atoms with E-state index in [-0.39, 0.29) is 12.1 Å². The van der Waals surface area contributed by atoms with Gasteiger partial charge in [0.05, 0.1) is 17.0 Å².